The molecule has 0 atom stereocenters. The first-order chi connectivity index (χ1) is 9.10. The zero-order valence-corrected chi connectivity index (χ0v) is 11.3. The average Bonchev–Trinajstić information content (AvgIpc) is 2.44. The van der Waals surface area contributed by atoms with Crippen molar-refractivity contribution in [3.05, 3.63) is 47.7 Å². The van der Waals surface area contributed by atoms with Crippen LogP contribution in [0.1, 0.15) is 17.3 Å². The van der Waals surface area contributed by atoms with Crippen LogP contribution in [0.15, 0.2) is 42.1 Å². The second kappa shape index (κ2) is 7.33. The van der Waals surface area contributed by atoms with E-state index in [0.29, 0.717) is 5.56 Å². The number of allylic oxidation sites excluding steroid dienone is 1. The Morgan fingerprint density at radius 3 is 2.42 bits per heavy atom. The molecule has 5 heteroatoms. The highest BCUT2D eigenvalue weighted by molar-refractivity contribution is 6.08. The molecule has 0 aromatic heterocycles. The standard InChI is InChI=1S/C14H17NO4/c1-4-19-14(17)12(15(2)18-3)10-13(16)11-8-6-5-7-9-11/h5-10H,4H2,1-3H3/b12-10+. The van der Waals surface area contributed by atoms with Crippen molar-refractivity contribution in [3.8, 4) is 0 Å². The van der Waals surface area contributed by atoms with Gasteiger partial charge in [0.1, 0.15) is 0 Å². The van der Waals surface area contributed by atoms with Gasteiger partial charge in [0, 0.05) is 18.7 Å². The van der Waals surface area contributed by atoms with Gasteiger partial charge in [0.2, 0.25) is 0 Å². The van der Waals surface area contributed by atoms with Crippen molar-refractivity contribution in [2.75, 3.05) is 20.8 Å². The Hall–Kier alpha value is -2.14. The zero-order valence-electron chi connectivity index (χ0n) is 11.3. The Bertz CT molecular complexity index is 468. The summed E-state index contributed by atoms with van der Waals surface area (Å²) in [5.74, 6) is -0.885. The lowest BCUT2D eigenvalue weighted by molar-refractivity contribution is -0.149. The van der Waals surface area contributed by atoms with Gasteiger partial charge in [0.05, 0.1) is 13.7 Å². The fourth-order valence-corrected chi connectivity index (χ4v) is 1.39. The molecule has 1 aromatic carbocycles. The summed E-state index contributed by atoms with van der Waals surface area (Å²) < 4.78 is 4.88. The molecule has 5 nitrogen and oxygen atoms in total. The van der Waals surface area contributed by atoms with Crippen LogP contribution in [0.4, 0.5) is 0 Å². The molecule has 0 fully saturated rings. The first-order valence-electron chi connectivity index (χ1n) is 5.86. The fourth-order valence-electron chi connectivity index (χ4n) is 1.39. The lowest BCUT2D eigenvalue weighted by Gasteiger charge is -2.17. The van der Waals surface area contributed by atoms with Gasteiger partial charge in [0.15, 0.2) is 11.5 Å². The highest BCUT2D eigenvalue weighted by Gasteiger charge is 2.18. The predicted molar refractivity (Wildman–Crippen MR) is 70.3 cm³/mol. The van der Waals surface area contributed by atoms with Crippen LogP contribution in [-0.4, -0.2) is 37.6 Å². The van der Waals surface area contributed by atoms with Crippen molar-refractivity contribution in [3.63, 3.8) is 0 Å². The van der Waals surface area contributed by atoms with Crippen LogP contribution in [0.2, 0.25) is 0 Å². The summed E-state index contributed by atoms with van der Waals surface area (Å²) in [4.78, 5) is 28.7. The molecule has 0 saturated heterocycles. The Morgan fingerprint density at radius 1 is 1.26 bits per heavy atom. The molecule has 0 aliphatic rings. The number of hydrogen-bond donors (Lipinski definition) is 0. The van der Waals surface area contributed by atoms with Gasteiger partial charge in [-0.3, -0.25) is 14.7 Å². The number of hydrogen-bond acceptors (Lipinski definition) is 5. The molecule has 1 aromatic rings. The average molecular weight is 263 g/mol. The minimum atomic E-state index is -0.601. The number of likely N-dealkylation sites (N-methyl/N-ethyl adjacent to an activating group) is 1. The molecule has 0 radical (unpaired) electrons. The number of carbonyl (C=O) groups is 2. The second-order valence-corrected chi connectivity index (χ2v) is 3.66. The van der Waals surface area contributed by atoms with Gasteiger partial charge in [-0.15, -0.1) is 0 Å². The fraction of sp³-hybridized carbons (Fsp3) is 0.286. The summed E-state index contributed by atoms with van der Waals surface area (Å²) in [6.07, 6.45) is 1.21. The summed E-state index contributed by atoms with van der Waals surface area (Å²) in [5, 5.41) is 1.19. The molecule has 0 unspecified atom stereocenters. The maximum Gasteiger partial charge on any atom is 0.357 e. The van der Waals surface area contributed by atoms with E-state index in [1.54, 1.807) is 31.2 Å². The number of benzene rings is 1. The van der Waals surface area contributed by atoms with Crippen LogP contribution in [0.3, 0.4) is 0 Å². The van der Waals surface area contributed by atoms with Crippen molar-refractivity contribution in [2.45, 2.75) is 6.92 Å². The van der Waals surface area contributed by atoms with E-state index in [1.165, 1.54) is 25.3 Å². The van der Waals surface area contributed by atoms with Gasteiger partial charge in [-0.2, -0.15) is 0 Å². The third-order valence-electron chi connectivity index (χ3n) is 2.42. The van der Waals surface area contributed by atoms with Gasteiger partial charge in [-0.05, 0) is 6.92 Å². The Kier molecular flexibility index (Phi) is 5.75. The maximum atomic E-state index is 12.0. The maximum absolute atomic E-state index is 12.0. The number of hydroxylamine groups is 2. The van der Waals surface area contributed by atoms with Crippen molar-refractivity contribution in [2.24, 2.45) is 0 Å². The van der Waals surface area contributed by atoms with Crippen molar-refractivity contribution in [1.29, 1.82) is 0 Å². The number of esters is 1. The van der Waals surface area contributed by atoms with E-state index >= 15 is 0 Å². The van der Waals surface area contributed by atoms with Gasteiger partial charge >= 0.3 is 5.97 Å². The third-order valence-corrected chi connectivity index (χ3v) is 2.42. The topological polar surface area (TPSA) is 55.8 Å². The minimum absolute atomic E-state index is 0.0539. The molecule has 0 saturated carbocycles. The summed E-state index contributed by atoms with van der Waals surface area (Å²) in [6.45, 7) is 1.93. The van der Waals surface area contributed by atoms with Crippen molar-refractivity contribution >= 4 is 11.8 Å². The monoisotopic (exact) mass is 263 g/mol. The number of nitrogens with zero attached hydrogens (tertiary/aromatic N) is 1. The van der Waals surface area contributed by atoms with Crippen LogP contribution in [0.25, 0.3) is 0 Å². The predicted octanol–water partition coefficient (Wildman–Crippen LogP) is 1.81. The molecular weight excluding hydrogens is 246 g/mol. The van der Waals surface area contributed by atoms with Crippen LogP contribution in [0, 0.1) is 0 Å². The molecule has 102 valence electrons. The molecular formula is C14H17NO4. The Labute approximate surface area is 112 Å². The summed E-state index contributed by atoms with van der Waals surface area (Å²) in [5.41, 5.74) is 0.548. The van der Waals surface area contributed by atoms with Crippen molar-refractivity contribution < 1.29 is 19.2 Å². The van der Waals surface area contributed by atoms with Crippen LogP contribution in [-0.2, 0) is 14.4 Å². The SMILES string of the molecule is CCOC(=O)/C(=C\C(=O)c1ccccc1)N(C)OC. The molecule has 0 bridgehead atoms. The van der Waals surface area contributed by atoms with Crippen molar-refractivity contribution in [1.82, 2.24) is 5.06 Å². The summed E-state index contributed by atoms with van der Waals surface area (Å²) in [6, 6.07) is 8.67. The molecule has 0 amide bonds. The van der Waals surface area contributed by atoms with Gasteiger partial charge in [0.25, 0.3) is 0 Å². The lowest BCUT2D eigenvalue weighted by Crippen LogP contribution is -2.25. The van der Waals surface area contributed by atoms with E-state index in [-0.39, 0.29) is 18.1 Å². The largest absolute Gasteiger partial charge is 0.461 e. The molecule has 0 N–H and O–H groups in total. The molecule has 0 aliphatic heterocycles. The van der Waals surface area contributed by atoms with Crippen LogP contribution in [0.5, 0.6) is 0 Å². The molecule has 1 rings (SSSR count). The Balaban J connectivity index is 3.00. The van der Waals surface area contributed by atoms with E-state index in [2.05, 4.69) is 0 Å². The van der Waals surface area contributed by atoms with Gasteiger partial charge in [-0.1, -0.05) is 30.3 Å². The third kappa shape index (κ3) is 4.22. The highest BCUT2D eigenvalue weighted by atomic mass is 16.7. The number of carbonyl (C=O) groups excluding carboxylic acids is 2. The van der Waals surface area contributed by atoms with E-state index in [1.807, 2.05) is 6.07 Å². The number of rotatable bonds is 6. The van der Waals surface area contributed by atoms with Crippen LogP contribution >= 0.6 is 0 Å². The first-order valence-corrected chi connectivity index (χ1v) is 5.86. The molecule has 0 spiro atoms. The van der Waals surface area contributed by atoms with Gasteiger partial charge in [-0.25, -0.2) is 4.79 Å². The number of ether oxygens (including phenoxy) is 1. The van der Waals surface area contributed by atoms with E-state index in [0.717, 1.165) is 0 Å². The molecule has 0 aliphatic carbocycles. The second-order valence-electron chi connectivity index (χ2n) is 3.66. The lowest BCUT2D eigenvalue weighted by atomic mass is 10.1. The van der Waals surface area contributed by atoms with E-state index < -0.39 is 5.97 Å². The molecule has 0 heterocycles. The zero-order chi connectivity index (χ0) is 14.3. The van der Waals surface area contributed by atoms with Crippen LogP contribution < -0.4 is 0 Å². The Morgan fingerprint density at radius 2 is 1.89 bits per heavy atom. The van der Waals surface area contributed by atoms with E-state index in [4.69, 9.17) is 9.57 Å². The summed E-state index contributed by atoms with van der Waals surface area (Å²) in [7, 11) is 2.93. The minimum Gasteiger partial charge on any atom is -0.461 e. The van der Waals surface area contributed by atoms with E-state index in [9.17, 15) is 9.59 Å². The highest BCUT2D eigenvalue weighted by Crippen LogP contribution is 2.08. The smallest absolute Gasteiger partial charge is 0.357 e. The first kappa shape index (κ1) is 14.9. The summed E-state index contributed by atoms with van der Waals surface area (Å²) >= 11 is 0. The van der Waals surface area contributed by atoms with Gasteiger partial charge < -0.3 is 4.74 Å². The quantitative estimate of drug-likeness (QED) is 0.339. The number of ketones is 1. The molecule has 19 heavy (non-hydrogen) atoms. The normalized spacial score (nSPS) is 11.0.